The van der Waals surface area contributed by atoms with E-state index in [1.54, 1.807) is 16.9 Å². The molecule has 3 aromatic heterocycles. The molecule has 1 fully saturated rings. The molecule has 164 valence electrons. The molecule has 0 saturated carbocycles. The third-order valence-electron chi connectivity index (χ3n) is 5.66. The number of hydrogen-bond acceptors (Lipinski definition) is 6. The highest BCUT2D eigenvalue weighted by atomic mass is 79.9. The quantitative estimate of drug-likeness (QED) is 0.292. The number of aryl methyl sites for hydroxylation is 1. The molecular formula is C23H25BrN7O+. The summed E-state index contributed by atoms with van der Waals surface area (Å²) in [5, 5.41) is 21.8. The van der Waals surface area contributed by atoms with Gasteiger partial charge in [0.15, 0.2) is 5.65 Å². The van der Waals surface area contributed by atoms with Crippen LogP contribution >= 0.6 is 15.9 Å². The number of fused-ring (bicyclic) bond motifs is 1. The van der Waals surface area contributed by atoms with Crippen LogP contribution in [0.5, 0.6) is 0 Å². The average molecular weight is 495 g/mol. The van der Waals surface area contributed by atoms with E-state index in [9.17, 15) is 5.21 Å². The molecule has 1 saturated heterocycles. The van der Waals surface area contributed by atoms with Gasteiger partial charge in [-0.25, -0.2) is 4.98 Å². The van der Waals surface area contributed by atoms with Gasteiger partial charge >= 0.3 is 5.82 Å². The molecule has 0 spiro atoms. The van der Waals surface area contributed by atoms with Gasteiger partial charge in [-0.05, 0) is 28.9 Å². The van der Waals surface area contributed by atoms with Crippen molar-refractivity contribution in [3.05, 3.63) is 70.5 Å². The number of halogens is 1. The summed E-state index contributed by atoms with van der Waals surface area (Å²) in [6, 6.07) is 14.3. The minimum Gasteiger partial charge on any atom is -0.366 e. The number of hydrogen-bond donors (Lipinski definition) is 3. The Morgan fingerprint density at radius 1 is 1.16 bits per heavy atom. The number of anilines is 2. The van der Waals surface area contributed by atoms with Crippen LogP contribution in [-0.4, -0.2) is 46.0 Å². The fraction of sp³-hybridized carbons (Fsp3) is 0.261. The monoisotopic (exact) mass is 494 g/mol. The molecule has 1 aliphatic heterocycles. The molecular weight excluding hydrogens is 470 g/mol. The van der Waals surface area contributed by atoms with Crippen molar-refractivity contribution < 1.29 is 9.94 Å². The lowest BCUT2D eigenvalue weighted by Gasteiger charge is -2.22. The molecule has 32 heavy (non-hydrogen) atoms. The lowest BCUT2D eigenvalue weighted by molar-refractivity contribution is -0.894. The zero-order valence-corrected chi connectivity index (χ0v) is 19.4. The maximum Gasteiger partial charge on any atom is 0.316 e. The third-order valence-corrected chi connectivity index (χ3v) is 6.22. The summed E-state index contributed by atoms with van der Waals surface area (Å²) in [5.74, 6) is 1.63. The predicted octanol–water partition coefficient (Wildman–Crippen LogP) is 3.01. The number of piperazine rings is 1. The second kappa shape index (κ2) is 8.76. The first-order chi connectivity index (χ1) is 15.6. The fourth-order valence-electron chi connectivity index (χ4n) is 3.90. The fourth-order valence-corrected chi connectivity index (χ4v) is 4.25. The van der Waals surface area contributed by atoms with Gasteiger partial charge in [0.05, 0.1) is 29.5 Å². The summed E-state index contributed by atoms with van der Waals surface area (Å²) >= 11 is 3.55. The number of rotatable bonds is 5. The van der Waals surface area contributed by atoms with Gasteiger partial charge in [0.2, 0.25) is 0 Å². The Morgan fingerprint density at radius 2 is 1.94 bits per heavy atom. The number of benzene rings is 1. The Kier molecular flexibility index (Phi) is 5.67. The van der Waals surface area contributed by atoms with Crippen molar-refractivity contribution in [1.82, 2.24) is 19.9 Å². The van der Waals surface area contributed by atoms with Crippen molar-refractivity contribution >= 4 is 33.2 Å². The van der Waals surface area contributed by atoms with Crippen LogP contribution in [0.1, 0.15) is 11.1 Å². The van der Waals surface area contributed by atoms with Crippen molar-refractivity contribution in [1.29, 1.82) is 0 Å². The van der Waals surface area contributed by atoms with E-state index < -0.39 is 0 Å². The zero-order chi connectivity index (χ0) is 22.1. The van der Waals surface area contributed by atoms with E-state index in [-0.39, 0.29) is 0 Å². The van der Waals surface area contributed by atoms with Gasteiger partial charge in [-0.1, -0.05) is 34.6 Å². The largest absolute Gasteiger partial charge is 0.366 e. The molecule has 0 aliphatic carbocycles. The van der Waals surface area contributed by atoms with E-state index in [1.165, 1.54) is 10.3 Å². The maximum atomic E-state index is 10.5. The lowest BCUT2D eigenvalue weighted by Crippen LogP contribution is -2.49. The van der Waals surface area contributed by atoms with Gasteiger partial charge in [0.1, 0.15) is 12.0 Å². The summed E-state index contributed by atoms with van der Waals surface area (Å²) in [7, 11) is 0. The molecule has 1 aliphatic rings. The molecule has 0 unspecified atom stereocenters. The van der Waals surface area contributed by atoms with Crippen LogP contribution in [0.15, 0.2) is 59.3 Å². The van der Waals surface area contributed by atoms with E-state index in [0.29, 0.717) is 6.54 Å². The molecule has 5 rings (SSSR count). The zero-order valence-electron chi connectivity index (χ0n) is 17.8. The van der Waals surface area contributed by atoms with Gasteiger partial charge in [0.25, 0.3) is 0 Å². The van der Waals surface area contributed by atoms with Crippen LogP contribution in [0.25, 0.3) is 16.9 Å². The topological polar surface area (TPSA) is 81.6 Å². The highest BCUT2D eigenvalue weighted by Gasteiger charge is 2.22. The Labute approximate surface area is 194 Å². The Morgan fingerprint density at radius 3 is 2.69 bits per heavy atom. The summed E-state index contributed by atoms with van der Waals surface area (Å²) in [5.41, 5.74) is 4.83. The van der Waals surface area contributed by atoms with Gasteiger partial charge in [0, 0.05) is 42.9 Å². The van der Waals surface area contributed by atoms with E-state index in [2.05, 4.69) is 67.8 Å². The first kappa shape index (κ1) is 20.7. The second-order valence-electron chi connectivity index (χ2n) is 7.95. The van der Waals surface area contributed by atoms with Crippen molar-refractivity contribution in [2.24, 2.45) is 0 Å². The van der Waals surface area contributed by atoms with Crippen molar-refractivity contribution in [3.8, 4) is 11.3 Å². The first-order valence-electron chi connectivity index (χ1n) is 10.6. The molecule has 8 nitrogen and oxygen atoms in total. The molecule has 0 bridgehead atoms. The van der Waals surface area contributed by atoms with Crippen LogP contribution in [-0.2, 0) is 6.54 Å². The summed E-state index contributed by atoms with van der Waals surface area (Å²) in [6.07, 6.45) is 3.50. The van der Waals surface area contributed by atoms with Crippen molar-refractivity contribution in [3.63, 3.8) is 0 Å². The van der Waals surface area contributed by atoms with Crippen LogP contribution in [0.3, 0.4) is 0 Å². The highest BCUT2D eigenvalue weighted by Crippen LogP contribution is 2.26. The molecule has 4 aromatic rings. The Balaban J connectivity index is 1.41. The molecule has 3 N–H and O–H groups in total. The normalized spacial score (nSPS) is 14.1. The third kappa shape index (κ3) is 4.13. The van der Waals surface area contributed by atoms with E-state index >= 15 is 0 Å². The Hall–Kier alpha value is -3.17. The molecule has 0 amide bonds. The average Bonchev–Trinajstić information content (AvgIpc) is 3.19. The molecule has 0 radical (unpaired) electrons. The van der Waals surface area contributed by atoms with Crippen LogP contribution < -0.4 is 20.3 Å². The van der Waals surface area contributed by atoms with Crippen molar-refractivity contribution in [2.45, 2.75) is 13.5 Å². The Bertz CT molecular complexity index is 1250. The van der Waals surface area contributed by atoms with Gasteiger partial charge in [-0.2, -0.15) is 9.61 Å². The molecule has 4 heterocycles. The number of nitrogens with one attached hydrogen (secondary N) is 2. The number of pyridine rings is 1. The summed E-state index contributed by atoms with van der Waals surface area (Å²) in [4.78, 5) is 6.96. The maximum absolute atomic E-state index is 10.5. The lowest BCUT2D eigenvalue weighted by atomic mass is 10.1. The highest BCUT2D eigenvalue weighted by molar-refractivity contribution is 9.10. The van der Waals surface area contributed by atoms with Gasteiger partial charge in [-0.3, -0.25) is 4.90 Å². The van der Waals surface area contributed by atoms with E-state index in [1.807, 2.05) is 18.2 Å². The molecule has 0 atom stereocenters. The molecule has 9 heteroatoms. The van der Waals surface area contributed by atoms with Gasteiger partial charge in [-0.15, -0.1) is 0 Å². The minimum absolute atomic E-state index is 0.534. The number of aromatic nitrogens is 4. The predicted molar refractivity (Wildman–Crippen MR) is 127 cm³/mol. The molecule has 1 aromatic carbocycles. The second-order valence-corrected chi connectivity index (χ2v) is 8.81. The number of nitrogens with zero attached hydrogens (tertiary/aromatic N) is 5. The summed E-state index contributed by atoms with van der Waals surface area (Å²) in [6.45, 7) is 6.20. The van der Waals surface area contributed by atoms with Gasteiger partial charge < -0.3 is 15.8 Å². The standard InChI is InChI=1S/C23H25BrN7O/c1-16-2-5-18(6-3-16)20-12-21(31-23(28-20)19(24)14-27-31)26-13-17-4-7-22(30(32)15-17)29-10-8-25-9-11-29/h2-7,12,14-15,25-26,32H,8-11,13H2,1H3/q+1. The summed E-state index contributed by atoms with van der Waals surface area (Å²) < 4.78 is 3.83. The van der Waals surface area contributed by atoms with Crippen LogP contribution in [0, 0.1) is 6.92 Å². The van der Waals surface area contributed by atoms with Crippen molar-refractivity contribution in [2.75, 3.05) is 36.4 Å². The van der Waals surface area contributed by atoms with Crippen LogP contribution in [0.2, 0.25) is 0 Å². The van der Waals surface area contributed by atoms with E-state index in [0.717, 1.165) is 64.8 Å². The van der Waals surface area contributed by atoms with Crippen LogP contribution in [0.4, 0.5) is 11.6 Å². The minimum atomic E-state index is 0.534. The van der Waals surface area contributed by atoms with E-state index in [4.69, 9.17) is 4.98 Å². The first-order valence-corrected chi connectivity index (χ1v) is 11.4. The smallest absolute Gasteiger partial charge is 0.316 e. The SMILES string of the molecule is Cc1ccc(-c2cc(NCc3ccc(N4CCNCC4)[n+](O)c3)n3ncc(Br)c3n2)cc1.